The Morgan fingerprint density at radius 3 is 2.47 bits per heavy atom. The Morgan fingerprint density at radius 1 is 1.16 bits per heavy atom. The van der Waals surface area contributed by atoms with Crippen molar-refractivity contribution in [3.63, 3.8) is 0 Å². The molecule has 1 aliphatic heterocycles. The smallest absolute Gasteiger partial charge is 0.00797 e. The molecule has 0 aromatic carbocycles. The van der Waals surface area contributed by atoms with Gasteiger partial charge in [0, 0.05) is 12.6 Å². The average molecular weight is 266 g/mol. The maximum Gasteiger partial charge on any atom is 0.00797 e. The largest absolute Gasteiger partial charge is 0.327 e. The second-order valence-electron chi connectivity index (χ2n) is 7.86. The zero-order chi connectivity index (χ0) is 13.9. The number of rotatable bonds is 4. The molecule has 0 radical (unpaired) electrons. The lowest BCUT2D eigenvalue weighted by molar-refractivity contribution is 0.0934. The summed E-state index contributed by atoms with van der Waals surface area (Å²) in [6, 6.07) is 0.446. The minimum Gasteiger partial charge on any atom is -0.327 e. The van der Waals surface area contributed by atoms with Gasteiger partial charge in [-0.25, -0.2) is 0 Å². The van der Waals surface area contributed by atoms with E-state index in [2.05, 4.69) is 25.7 Å². The molecule has 2 heteroatoms. The highest BCUT2D eigenvalue weighted by molar-refractivity contribution is 4.89. The van der Waals surface area contributed by atoms with Crippen LogP contribution in [0.4, 0.5) is 0 Å². The highest BCUT2D eigenvalue weighted by atomic mass is 15.1. The molecule has 2 unspecified atom stereocenters. The molecule has 1 aliphatic carbocycles. The molecule has 0 aromatic heterocycles. The first-order valence-electron chi connectivity index (χ1n) is 8.48. The summed E-state index contributed by atoms with van der Waals surface area (Å²) in [6.07, 6.45) is 9.48. The molecule has 2 aliphatic rings. The van der Waals surface area contributed by atoms with Gasteiger partial charge in [0.2, 0.25) is 0 Å². The van der Waals surface area contributed by atoms with Crippen molar-refractivity contribution in [2.75, 3.05) is 19.6 Å². The van der Waals surface area contributed by atoms with Crippen molar-refractivity contribution in [3.8, 4) is 0 Å². The molecule has 1 saturated heterocycles. The van der Waals surface area contributed by atoms with Crippen molar-refractivity contribution in [1.29, 1.82) is 0 Å². The fraction of sp³-hybridized carbons (Fsp3) is 1.00. The van der Waals surface area contributed by atoms with Crippen LogP contribution in [0.5, 0.6) is 0 Å². The standard InChI is InChI=1S/C17H34N2/c1-4-5-14-7-10-19(11-8-14)13-15-12-17(2,3)9-6-16(15)18/h14-16H,4-13,18H2,1-3H3. The highest BCUT2D eigenvalue weighted by Crippen LogP contribution is 2.38. The van der Waals surface area contributed by atoms with Gasteiger partial charge < -0.3 is 10.6 Å². The first-order valence-corrected chi connectivity index (χ1v) is 8.48. The molecule has 1 saturated carbocycles. The van der Waals surface area contributed by atoms with Crippen LogP contribution in [0.15, 0.2) is 0 Å². The number of piperidine rings is 1. The van der Waals surface area contributed by atoms with E-state index >= 15 is 0 Å². The van der Waals surface area contributed by atoms with Crippen LogP contribution in [0, 0.1) is 17.3 Å². The van der Waals surface area contributed by atoms with Gasteiger partial charge in [0.05, 0.1) is 0 Å². The van der Waals surface area contributed by atoms with Gasteiger partial charge >= 0.3 is 0 Å². The maximum atomic E-state index is 6.37. The number of likely N-dealkylation sites (tertiary alicyclic amines) is 1. The van der Waals surface area contributed by atoms with Crippen LogP contribution < -0.4 is 5.73 Å². The zero-order valence-electron chi connectivity index (χ0n) is 13.3. The lowest BCUT2D eigenvalue weighted by Gasteiger charge is -2.42. The van der Waals surface area contributed by atoms with Crippen LogP contribution in [0.2, 0.25) is 0 Å². The van der Waals surface area contributed by atoms with E-state index in [-0.39, 0.29) is 0 Å². The normalized spacial score (nSPS) is 33.5. The number of hydrogen-bond donors (Lipinski definition) is 1. The van der Waals surface area contributed by atoms with Crippen LogP contribution in [-0.2, 0) is 0 Å². The molecule has 0 amide bonds. The summed E-state index contributed by atoms with van der Waals surface area (Å²) in [7, 11) is 0. The maximum absolute atomic E-state index is 6.37. The molecule has 19 heavy (non-hydrogen) atoms. The third-order valence-electron chi connectivity index (χ3n) is 5.47. The minimum atomic E-state index is 0.446. The van der Waals surface area contributed by atoms with Crippen LogP contribution >= 0.6 is 0 Å². The predicted molar refractivity (Wildman–Crippen MR) is 83.2 cm³/mol. The molecular weight excluding hydrogens is 232 g/mol. The lowest BCUT2D eigenvalue weighted by atomic mass is 9.70. The molecule has 0 spiro atoms. The summed E-state index contributed by atoms with van der Waals surface area (Å²) in [5, 5.41) is 0. The number of hydrogen-bond acceptors (Lipinski definition) is 2. The molecule has 2 atom stereocenters. The van der Waals surface area contributed by atoms with E-state index in [1.807, 2.05) is 0 Å². The quantitative estimate of drug-likeness (QED) is 0.841. The minimum absolute atomic E-state index is 0.446. The SMILES string of the molecule is CCCC1CCN(CC2CC(C)(C)CCC2N)CC1. The van der Waals surface area contributed by atoms with Crippen molar-refractivity contribution in [3.05, 3.63) is 0 Å². The van der Waals surface area contributed by atoms with Crippen LogP contribution in [-0.4, -0.2) is 30.6 Å². The van der Waals surface area contributed by atoms with Gasteiger partial charge in [0.15, 0.2) is 0 Å². The van der Waals surface area contributed by atoms with Gasteiger partial charge in [-0.1, -0.05) is 33.6 Å². The van der Waals surface area contributed by atoms with Gasteiger partial charge in [0.1, 0.15) is 0 Å². The molecule has 2 rings (SSSR count). The van der Waals surface area contributed by atoms with Crippen molar-refractivity contribution in [2.45, 2.75) is 71.8 Å². The fourth-order valence-electron chi connectivity index (χ4n) is 4.15. The Hall–Kier alpha value is -0.0800. The van der Waals surface area contributed by atoms with E-state index in [4.69, 9.17) is 5.73 Å². The summed E-state index contributed by atoms with van der Waals surface area (Å²) in [5.74, 6) is 1.73. The molecule has 0 bridgehead atoms. The molecule has 112 valence electrons. The van der Waals surface area contributed by atoms with Crippen molar-refractivity contribution < 1.29 is 0 Å². The summed E-state index contributed by atoms with van der Waals surface area (Å²) in [6.45, 7) is 11.0. The summed E-state index contributed by atoms with van der Waals surface area (Å²) in [4.78, 5) is 2.69. The molecule has 2 N–H and O–H groups in total. The van der Waals surface area contributed by atoms with Gasteiger partial charge in [-0.05, 0) is 62.4 Å². The van der Waals surface area contributed by atoms with Gasteiger partial charge in [0.25, 0.3) is 0 Å². The van der Waals surface area contributed by atoms with Crippen molar-refractivity contribution in [1.82, 2.24) is 4.90 Å². The fourth-order valence-corrected chi connectivity index (χ4v) is 4.15. The van der Waals surface area contributed by atoms with E-state index in [1.165, 1.54) is 64.6 Å². The third kappa shape index (κ3) is 4.46. The Balaban J connectivity index is 1.78. The Labute approximate surface area is 120 Å². The summed E-state index contributed by atoms with van der Waals surface area (Å²) in [5.41, 5.74) is 6.88. The second kappa shape index (κ2) is 6.58. The predicted octanol–water partition coefficient (Wildman–Crippen LogP) is 3.65. The van der Waals surface area contributed by atoms with E-state index in [9.17, 15) is 0 Å². The topological polar surface area (TPSA) is 29.3 Å². The Morgan fingerprint density at radius 2 is 1.84 bits per heavy atom. The molecule has 0 aromatic rings. The number of nitrogens with zero attached hydrogens (tertiary/aromatic N) is 1. The molecule has 2 fully saturated rings. The highest BCUT2D eigenvalue weighted by Gasteiger charge is 2.34. The van der Waals surface area contributed by atoms with Gasteiger partial charge in [-0.3, -0.25) is 0 Å². The van der Waals surface area contributed by atoms with Gasteiger partial charge in [-0.2, -0.15) is 0 Å². The average Bonchev–Trinajstić information content (AvgIpc) is 2.36. The molecule has 2 nitrogen and oxygen atoms in total. The summed E-state index contributed by atoms with van der Waals surface area (Å²) >= 11 is 0. The van der Waals surface area contributed by atoms with E-state index in [1.54, 1.807) is 0 Å². The van der Waals surface area contributed by atoms with E-state index in [0.29, 0.717) is 11.5 Å². The Kier molecular flexibility index (Phi) is 5.30. The van der Waals surface area contributed by atoms with E-state index in [0.717, 1.165) is 11.8 Å². The molecular formula is C17H34N2. The van der Waals surface area contributed by atoms with Gasteiger partial charge in [-0.15, -0.1) is 0 Å². The number of nitrogens with two attached hydrogens (primary N) is 1. The van der Waals surface area contributed by atoms with E-state index < -0.39 is 0 Å². The Bertz CT molecular complexity index is 266. The van der Waals surface area contributed by atoms with Crippen LogP contribution in [0.1, 0.15) is 65.7 Å². The summed E-state index contributed by atoms with van der Waals surface area (Å²) < 4.78 is 0. The second-order valence-corrected chi connectivity index (χ2v) is 7.86. The first-order chi connectivity index (χ1) is 9.00. The monoisotopic (exact) mass is 266 g/mol. The van der Waals surface area contributed by atoms with Crippen molar-refractivity contribution in [2.24, 2.45) is 23.0 Å². The van der Waals surface area contributed by atoms with Crippen LogP contribution in [0.25, 0.3) is 0 Å². The molecule has 1 heterocycles. The lowest BCUT2D eigenvalue weighted by Crippen LogP contribution is -2.46. The van der Waals surface area contributed by atoms with Crippen LogP contribution in [0.3, 0.4) is 0 Å². The first kappa shape index (κ1) is 15.3. The van der Waals surface area contributed by atoms with Crippen molar-refractivity contribution >= 4 is 0 Å². The zero-order valence-corrected chi connectivity index (χ0v) is 13.3. The third-order valence-corrected chi connectivity index (χ3v) is 5.47.